The average Bonchev–Trinajstić information content (AvgIpc) is 0.850. The zero-order valence-electron chi connectivity index (χ0n) is 52.2. The molecule has 0 radical (unpaired) electrons. The van der Waals surface area contributed by atoms with Gasteiger partial charge >= 0.3 is 71.8 Å². The van der Waals surface area contributed by atoms with Crippen LogP contribution < -0.4 is 53.2 Å². The fourth-order valence-corrected chi connectivity index (χ4v) is 9.29. The van der Waals surface area contributed by atoms with Gasteiger partial charge in [0.05, 0.1) is 0 Å². The number of urea groups is 3. The molecule has 0 heterocycles. The predicted octanol–water partition coefficient (Wildman–Crippen LogP) is 2.42. The fourth-order valence-electron chi connectivity index (χ4n) is 9.29. The molecule has 6 atom stereocenters. The topological polar surface area (TPSA) is 624 Å². The molecular formula is C60H75N13O25. The number of amides is 10. The maximum absolute atomic E-state index is 13.9. The smallest absolute Gasteiger partial charge is 0.326 e. The number of unbranched alkanes of at least 4 members (excludes halogenated alkanes) is 1. The third-order valence-electron chi connectivity index (χ3n) is 14.5. The monoisotopic (exact) mass is 1380 g/mol. The van der Waals surface area contributed by atoms with Crippen LogP contribution in [0.2, 0.25) is 0 Å². The second-order valence-corrected chi connectivity index (χ2v) is 22.1. The number of carboxylic acid groups (broad SMARTS) is 9. The van der Waals surface area contributed by atoms with Gasteiger partial charge in [0.2, 0.25) is 23.6 Å². The number of carboxylic acids is 9. The van der Waals surface area contributed by atoms with Gasteiger partial charge in [0, 0.05) is 98.3 Å². The Hall–Kier alpha value is -12.1. The highest BCUT2D eigenvalue weighted by Crippen LogP contribution is 2.28. The lowest BCUT2D eigenvalue weighted by Crippen LogP contribution is -2.51. The fraction of sp³-hybridized carbons (Fsp3) is 0.433. The lowest BCUT2D eigenvalue weighted by atomic mass is 9.82. The number of rotatable bonds is 45. The number of aliphatic carboxylic acids is 9. The van der Waals surface area contributed by atoms with E-state index in [1.54, 1.807) is 0 Å². The molecule has 530 valence electrons. The highest BCUT2D eigenvalue weighted by atomic mass is 16.4. The number of hydrogen-bond donors (Lipinski definition) is 19. The standard InChI is InChI=1S/C60H75N13O25/c61-73-62-28-2-1-3-47(77)72-60(25-22-44(74)63-35-10-4-32(5-11-35)29-41(54(90)91)69-57(96)66-38(51(84)85)16-19-48(78)79,26-23-45(75)64-36-12-6-33(7-13-36)30-42(55(92)93)70-58(97)67-39(52(86)87)17-20-49(80)81)27-24-46(76)65-37-14-8-34(9-15-37)31-43(56(94)95)71-59(98)68-40(53(88)89)18-21-50(82)83/h4-15,38-43H,1-3,16-31H2,(H,63,74)(H,64,75)(H,65,76)(H,72,77)(H,78,79)(H,80,81)(H,82,83)(H,84,85)(H,86,87)(H,88,89)(H,90,91)(H,92,93)(H,94,95)(H2,66,69,96)(H2,67,70,97)(H2,68,71,98)/t38-,39-,40-,41-,42-,43-/m0/s1. The highest BCUT2D eigenvalue weighted by molar-refractivity contribution is 5.94. The molecule has 38 nitrogen and oxygen atoms in total. The number of anilines is 3. The van der Waals surface area contributed by atoms with E-state index in [1.807, 2.05) is 16.0 Å². The summed E-state index contributed by atoms with van der Waals surface area (Å²) >= 11 is 0. The van der Waals surface area contributed by atoms with Crippen LogP contribution in [-0.2, 0) is 81.6 Å². The van der Waals surface area contributed by atoms with Crippen LogP contribution in [0.25, 0.3) is 10.4 Å². The molecule has 3 aromatic rings. The highest BCUT2D eigenvalue weighted by Gasteiger charge is 2.35. The summed E-state index contributed by atoms with van der Waals surface area (Å²) in [7, 11) is 0. The number of carbonyl (C=O) groups excluding carboxylic acids is 7. The van der Waals surface area contributed by atoms with E-state index < -0.39 is 195 Å². The number of benzene rings is 3. The molecule has 0 spiro atoms. The van der Waals surface area contributed by atoms with Crippen LogP contribution in [0.5, 0.6) is 0 Å². The number of nitrogens with zero attached hydrogens (tertiary/aromatic N) is 3. The molecule has 0 aromatic heterocycles. The summed E-state index contributed by atoms with van der Waals surface area (Å²) in [5, 5.41) is 111. The molecular weight excluding hydrogens is 1300 g/mol. The van der Waals surface area contributed by atoms with Crippen molar-refractivity contribution in [1.29, 1.82) is 0 Å². The SMILES string of the molecule is [N-]=[N+]=NCCCCC(=O)NC(CCC(=O)Nc1ccc(C[C@H](NC(=O)N[C@@H](CCC(=O)O)C(=O)O)C(=O)O)cc1)(CCC(=O)Nc1ccc(C[C@H](NC(=O)N[C@@H](CCC(=O)O)C(=O)O)C(=O)O)cc1)CCC(=O)Nc1ccc(C[C@H](NC(=O)N[C@@H](CCC(=O)O)C(=O)O)C(=O)O)cc1. The quantitative estimate of drug-likeness (QED) is 0.0167. The van der Waals surface area contributed by atoms with Gasteiger partial charge in [-0.1, -0.05) is 41.5 Å². The van der Waals surface area contributed by atoms with Crippen LogP contribution in [0, 0.1) is 0 Å². The van der Waals surface area contributed by atoms with E-state index in [9.17, 15) is 107 Å². The second kappa shape index (κ2) is 40.9. The number of azide groups is 1. The molecule has 0 bridgehead atoms. The third-order valence-corrected chi connectivity index (χ3v) is 14.5. The molecule has 0 saturated heterocycles. The van der Waals surface area contributed by atoms with Crippen LogP contribution in [0.3, 0.4) is 0 Å². The van der Waals surface area contributed by atoms with Crippen molar-refractivity contribution in [2.24, 2.45) is 5.11 Å². The van der Waals surface area contributed by atoms with Crippen molar-refractivity contribution in [3.8, 4) is 0 Å². The van der Waals surface area contributed by atoms with Gasteiger partial charge in [0.25, 0.3) is 0 Å². The summed E-state index contributed by atoms with van der Waals surface area (Å²) in [6.07, 6.45) is -6.00. The van der Waals surface area contributed by atoms with Crippen molar-refractivity contribution in [2.75, 3.05) is 22.5 Å². The minimum atomic E-state index is -1.66. The Kier molecular flexibility index (Phi) is 33.4. The maximum atomic E-state index is 13.9. The van der Waals surface area contributed by atoms with Gasteiger partial charge < -0.3 is 99.1 Å². The van der Waals surface area contributed by atoms with E-state index in [1.165, 1.54) is 72.8 Å². The largest absolute Gasteiger partial charge is 0.481 e. The van der Waals surface area contributed by atoms with E-state index >= 15 is 0 Å². The average molecular weight is 1380 g/mol. The number of nitrogens with one attached hydrogen (secondary N) is 10. The molecule has 0 unspecified atom stereocenters. The lowest BCUT2D eigenvalue weighted by molar-refractivity contribution is -0.142. The molecule has 0 aliphatic carbocycles. The molecule has 0 aliphatic rings. The summed E-state index contributed by atoms with van der Waals surface area (Å²) in [4.78, 5) is 200. The molecule has 3 rings (SSSR count). The Morgan fingerprint density at radius 1 is 0.357 bits per heavy atom. The van der Waals surface area contributed by atoms with Gasteiger partial charge in [-0.15, -0.1) is 0 Å². The molecule has 19 N–H and O–H groups in total. The molecule has 0 aliphatic heterocycles. The van der Waals surface area contributed by atoms with Gasteiger partial charge in [-0.2, -0.15) is 0 Å². The van der Waals surface area contributed by atoms with Gasteiger partial charge in [-0.05, 0) is 110 Å². The zero-order valence-corrected chi connectivity index (χ0v) is 52.2. The van der Waals surface area contributed by atoms with Crippen molar-refractivity contribution in [1.82, 2.24) is 37.2 Å². The van der Waals surface area contributed by atoms with Crippen molar-refractivity contribution < 1.29 is 123 Å². The first kappa shape index (κ1) is 80.1. The first-order valence-electron chi connectivity index (χ1n) is 30.0. The molecule has 38 heteroatoms. The van der Waals surface area contributed by atoms with E-state index in [0.29, 0.717) is 16.7 Å². The third kappa shape index (κ3) is 31.7. The Balaban J connectivity index is 1.91. The van der Waals surface area contributed by atoms with Crippen molar-refractivity contribution >= 4 is 113 Å². The van der Waals surface area contributed by atoms with E-state index in [0.717, 1.165) is 0 Å². The first-order chi connectivity index (χ1) is 46.2. The molecule has 98 heavy (non-hydrogen) atoms. The van der Waals surface area contributed by atoms with Crippen LogP contribution >= 0.6 is 0 Å². The number of carbonyl (C=O) groups is 16. The summed E-state index contributed by atoms with van der Waals surface area (Å²) in [6.45, 7) is 0.0423. The first-order valence-corrected chi connectivity index (χ1v) is 30.0. The normalized spacial score (nSPS) is 12.6. The Morgan fingerprint density at radius 3 is 0.867 bits per heavy atom. The van der Waals surface area contributed by atoms with Crippen LogP contribution in [0.4, 0.5) is 31.4 Å². The Bertz CT molecular complexity index is 3100. The minimum absolute atomic E-state index is 0.0423. The second-order valence-electron chi connectivity index (χ2n) is 22.1. The van der Waals surface area contributed by atoms with Crippen molar-refractivity contribution in [3.05, 3.63) is 99.9 Å². The van der Waals surface area contributed by atoms with Crippen LogP contribution in [0.1, 0.15) is 113 Å². The Morgan fingerprint density at radius 2 is 0.622 bits per heavy atom. The van der Waals surface area contributed by atoms with Crippen LogP contribution in [0.15, 0.2) is 77.9 Å². The molecule has 3 aromatic carbocycles. The van der Waals surface area contributed by atoms with E-state index in [4.69, 9.17) is 20.9 Å². The van der Waals surface area contributed by atoms with Gasteiger partial charge in [-0.3, -0.25) is 33.6 Å². The zero-order chi connectivity index (χ0) is 73.1. The van der Waals surface area contributed by atoms with Gasteiger partial charge in [0.15, 0.2) is 0 Å². The molecule has 10 amide bonds. The van der Waals surface area contributed by atoms with Crippen LogP contribution in [-0.4, -0.2) is 190 Å². The minimum Gasteiger partial charge on any atom is -0.481 e. The van der Waals surface area contributed by atoms with E-state index in [2.05, 4.69) is 47.2 Å². The van der Waals surface area contributed by atoms with Crippen molar-refractivity contribution in [2.45, 2.75) is 157 Å². The Labute approximate surface area is 555 Å². The maximum Gasteiger partial charge on any atom is 0.326 e. The summed E-state index contributed by atoms with van der Waals surface area (Å²) < 4.78 is 0. The van der Waals surface area contributed by atoms with Gasteiger partial charge in [-0.25, -0.2) is 43.2 Å². The lowest BCUT2D eigenvalue weighted by Gasteiger charge is -2.35. The molecule has 0 saturated carbocycles. The predicted molar refractivity (Wildman–Crippen MR) is 337 cm³/mol. The molecule has 0 fully saturated rings. The van der Waals surface area contributed by atoms with Gasteiger partial charge in [0.1, 0.15) is 36.3 Å². The van der Waals surface area contributed by atoms with Crippen molar-refractivity contribution in [3.63, 3.8) is 0 Å². The summed E-state index contributed by atoms with van der Waals surface area (Å²) in [5.74, 6) is -15.9. The number of hydrogen-bond acceptors (Lipinski definition) is 17. The summed E-state index contributed by atoms with van der Waals surface area (Å²) in [5.41, 5.74) is 8.63. The summed E-state index contributed by atoms with van der Waals surface area (Å²) in [6, 6.07) is 3.29. The van der Waals surface area contributed by atoms with E-state index in [-0.39, 0.29) is 81.4 Å².